The number of carbonyl (C=O) groups excluding carboxylic acids is 1. The summed E-state index contributed by atoms with van der Waals surface area (Å²) >= 11 is 6.89. The number of β-lactam (4-membered cyclic amide) rings is 1. The van der Waals surface area contributed by atoms with Crippen molar-refractivity contribution in [1.29, 1.82) is 0 Å². The number of halogens is 1. The number of nitrogens with zero attached hydrogens (tertiary/aromatic N) is 4. The highest BCUT2D eigenvalue weighted by atomic mass is 35.5. The molecule has 4 rings (SSSR count). The van der Waals surface area contributed by atoms with Crippen molar-refractivity contribution in [2.75, 3.05) is 18.1 Å². The summed E-state index contributed by atoms with van der Waals surface area (Å²) in [6, 6.07) is 18.8. The lowest BCUT2D eigenvalue weighted by molar-refractivity contribution is -0.149. The Bertz CT molecular complexity index is 856. The maximum Gasteiger partial charge on any atom is 0.256 e. The van der Waals surface area contributed by atoms with Gasteiger partial charge in [0, 0.05) is 28.6 Å². The lowest BCUT2D eigenvalue weighted by Gasteiger charge is -2.58. The Morgan fingerprint density at radius 2 is 1.84 bits per heavy atom. The molecule has 0 bridgehead atoms. The molecule has 7 heteroatoms. The Balaban J connectivity index is 1.87. The van der Waals surface area contributed by atoms with Crippen LogP contribution in [0.2, 0.25) is 0 Å². The Morgan fingerprint density at radius 3 is 2.48 bits per heavy atom. The van der Waals surface area contributed by atoms with Crippen LogP contribution in [0.5, 0.6) is 0 Å². The van der Waals surface area contributed by atoms with Gasteiger partial charge in [0.15, 0.2) is 4.87 Å². The van der Waals surface area contributed by atoms with E-state index in [0.717, 1.165) is 11.3 Å². The molecule has 0 radical (unpaired) electrons. The van der Waals surface area contributed by atoms with Gasteiger partial charge in [0.25, 0.3) is 5.91 Å². The topological polar surface area (TPSA) is 78.3 Å². The quantitative estimate of drug-likeness (QED) is 0.275. The molecule has 2 fully saturated rings. The molecule has 2 heterocycles. The monoisotopic (exact) mass is 354 g/mol. The lowest BCUT2D eigenvalue weighted by Crippen LogP contribution is -2.78. The summed E-state index contributed by atoms with van der Waals surface area (Å²) in [7, 11) is 0. The summed E-state index contributed by atoms with van der Waals surface area (Å²) in [6.07, 6.45) is 0. The summed E-state index contributed by atoms with van der Waals surface area (Å²) < 4.78 is 6.17. The zero-order valence-electron chi connectivity index (χ0n) is 13.2. The Morgan fingerprint density at radius 1 is 1.20 bits per heavy atom. The van der Waals surface area contributed by atoms with Crippen molar-refractivity contribution in [2.45, 2.75) is 10.6 Å². The standard InChI is InChI=1S/C18H15ClN4O2/c19-17-14(11-21-22-20)12-25-18(17,13-7-3-1-4-8-13)23(16(17)24)15-9-5-2-6-10-15/h1-10,14H,11-12H2/t14-,17-,18+/m0/s1. The third kappa shape index (κ3) is 1.96. The second-order valence-electron chi connectivity index (χ2n) is 6.12. The van der Waals surface area contributed by atoms with E-state index in [1.807, 2.05) is 60.7 Å². The summed E-state index contributed by atoms with van der Waals surface area (Å²) in [5, 5.41) is 3.62. The highest BCUT2D eigenvalue weighted by molar-refractivity contribution is 6.42. The predicted molar refractivity (Wildman–Crippen MR) is 94.1 cm³/mol. The van der Waals surface area contributed by atoms with Gasteiger partial charge >= 0.3 is 0 Å². The number of hydrogen-bond acceptors (Lipinski definition) is 3. The van der Waals surface area contributed by atoms with Gasteiger partial charge in [-0.25, -0.2) is 0 Å². The smallest absolute Gasteiger partial charge is 0.256 e. The van der Waals surface area contributed by atoms with Crippen molar-refractivity contribution in [3.8, 4) is 0 Å². The zero-order valence-corrected chi connectivity index (χ0v) is 14.0. The third-order valence-electron chi connectivity index (χ3n) is 4.92. The van der Waals surface area contributed by atoms with Crippen LogP contribution in [-0.4, -0.2) is 23.9 Å². The van der Waals surface area contributed by atoms with E-state index in [1.54, 1.807) is 4.90 Å². The number of hydrogen-bond donors (Lipinski definition) is 0. The first-order valence-electron chi connectivity index (χ1n) is 7.95. The summed E-state index contributed by atoms with van der Waals surface area (Å²) in [5.41, 5.74) is 9.05. The van der Waals surface area contributed by atoms with E-state index in [4.69, 9.17) is 21.9 Å². The van der Waals surface area contributed by atoms with Crippen LogP contribution >= 0.6 is 11.6 Å². The summed E-state index contributed by atoms with van der Waals surface area (Å²) in [6.45, 7) is 0.357. The number of rotatable bonds is 4. The molecule has 0 N–H and O–H groups in total. The number of para-hydroxylation sites is 1. The van der Waals surface area contributed by atoms with Crippen LogP contribution in [0.25, 0.3) is 10.4 Å². The molecule has 0 unspecified atom stereocenters. The molecular weight excluding hydrogens is 340 g/mol. The van der Waals surface area contributed by atoms with E-state index < -0.39 is 16.5 Å². The number of alkyl halides is 1. The number of fused-ring (bicyclic) bond motifs is 1. The van der Waals surface area contributed by atoms with Crippen LogP contribution in [0.4, 0.5) is 5.69 Å². The van der Waals surface area contributed by atoms with E-state index in [-0.39, 0.29) is 19.1 Å². The van der Waals surface area contributed by atoms with Crippen molar-refractivity contribution in [1.82, 2.24) is 0 Å². The summed E-state index contributed by atoms with van der Waals surface area (Å²) in [4.78, 5) is 16.2. The largest absolute Gasteiger partial charge is 0.348 e. The van der Waals surface area contributed by atoms with Gasteiger partial charge in [0.05, 0.1) is 6.61 Å². The molecule has 126 valence electrons. The molecule has 0 saturated carbocycles. The van der Waals surface area contributed by atoms with Crippen LogP contribution in [0, 0.1) is 5.92 Å². The molecule has 0 spiro atoms. The van der Waals surface area contributed by atoms with E-state index in [9.17, 15) is 4.79 Å². The van der Waals surface area contributed by atoms with Crippen molar-refractivity contribution >= 4 is 23.2 Å². The highest BCUT2D eigenvalue weighted by Crippen LogP contribution is 2.62. The molecule has 3 atom stereocenters. The normalized spacial score (nSPS) is 30.4. The SMILES string of the molecule is [N-]=[N+]=NC[C@H]1CO[C@@]2(c3ccccc3)N(c3ccccc3)C(=O)[C@@]12Cl. The van der Waals surface area contributed by atoms with Gasteiger partial charge in [0.2, 0.25) is 5.72 Å². The predicted octanol–water partition coefficient (Wildman–Crippen LogP) is 3.82. The highest BCUT2D eigenvalue weighted by Gasteiger charge is 2.79. The van der Waals surface area contributed by atoms with E-state index in [1.165, 1.54) is 0 Å². The fourth-order valence-electron chi connectivity index (χ4n) is 3.79. The van der Waals surface area contributed by atoms with Gasteiger partial charge in [-0.15, -0.1) is 11.6 Å². The lowest BCUT2D eigenvalue weighted by atomic mass is 9.72. The molecule has 0 aliphatic carbocycles. The first kappa shape index (κ1) is 16.0. The maximum absolute atomic E-state index is 13.1. The first-order valence-corrected chi connectivity index (χ1v) is 8.33. The van der Waals surface area contributed by atoms with Crippen LogP contribution in [0.1, 0.15) is 5.56 Å². The summed E-state index contributed by atoms with van der Waals surface area (Å²) in [5.74, 6) is -0.627. The minimum atomic E-state index is -1.29. The van der Waals surface area contributed by atoms with Crippen molar-refractivity contribution < 1.29 is 9.53 Å². The molecule has 2 aliphatic heterocycles. The van der Waals surface area contributed by atoms with Crippen LogP contribution in [0.3, 0.4) is 0 Å². The number of carbonyl (C=O) groups is 1. The molecule has 2 saturated heterocycles. The minimum Gasteiger partial charge on any atom is -0.348 e. The molecule has 0 aromatic heterocycles. The van der Waals surface area contributed by atoms with E-state index in [2.05, 4.69) is 10.0 Å². The molecule has 2 aromatic rings. The van der Waals surface area contributed by atoms with Gasteiger partial charge in [-0.2, -0.15) is 0 Å². The van der Waals surface area contributed by atoms with Crippen LogP contribution in [-0.2, 0) is 15.3 Å². The van der Waals surface area contributed by atoms with Gasteiger partial charge in [-0.3, -0.25) is 9.69 Å². The fourth-order valence-corrected chi connectivity index (χ4v) is 4.26. The van der Waals surface area contributed by atoms with Crippen LogP contribution < -0.4 is 4.90 Å². The second-order valence-corrected chi connectivity index (χ2v) is 6.72. The Hall–Kier alpha value is -2.53. The molecule has 2 aromatic carbocycles. The molecule has 25 heavy (non-hydrogen) atoms. The fraction of sp³-hybridized carbons (Fsp3) is 0.278. The van der Waals surface area contributed by atoms with E-state index >= 15 is 0 Å². The second kappa shape index (κ2) is 5.77. The number of amides is 1. The van der Waals surface area contributed by atoms with Gasteiger partial charge in [0.1, 0.15) is 0 Å². The van der Waals surface area contributed by atoms with E-state index in [0.29, 0.717) is 0 Å². The number of azide groups is 1. The molecule has 1 amide bonds. The van der Waals surface area contributed by atoms with Crippen LogP contribution in [0.15, 0.2) is 65.8 Å². The zero-order chi connectivity index (χ0) is 17.5. The van der Waals surface area contributed by atoms with Crippen molar-refractivity contribution in [3.63, 3.8) is 0 Å². The number of ether oxygens (including phenoxy) is 1. The average molecular weight is 355 g/mol. The van der Waals surface area contributed by atoms with Gasteiger partial charge in [-0.1, -0.05) is 53.6 Å². The van der Waals surface area contributed by atoms with Gasteiger partial charge in [-0.05, 0) is 17.7 Å². The molecule has 6 nitrogen and oxygen atoms in total. The van der Waals surface area contributed by atoms with Gasteiger partial charge < -0.3 is 4.74 Å². The molecular formula is C18H15ClN4O2. The first-order chi connectivity index (χ1) is 12.2. The third-order valence-corrected chi connectivity index (χ3v) is 5.65. The Labute approximate surface area is 149 Å². The van der Waals surface area contributed by atoms with Crippen molar-refractivity contribution in [3.05, 3.63) is 76.7 Å². The number of benzene rings is 2. The molecule has 2 aliphatic rings. The Kier molecular flexibility index (Phi) is 3.69. The minimum absolute atomic E-state index is 0.114. The maximum atomic E-state index is 13.1. The number of anilines is 1. The average Bonchev–Trinajstić information content (AvgIpc) is 2.92. The van der Waals surface area contributed by atoms with Crippen molar-refractivity contribution in [2.24, 2.45) is 11.0 Å².